The van der Waals surface area contributed by atoms with Gasteiger partial charge in [-0.3, -0.25) is 4.98 Å². The van der Waals surface area contributed by atoms with Crippen LogP contribution in [0.5, 0.6) is 5.75 Å². The SMILES string of the molecule is COc1ccc(NC(=S)NCCCN(C)c2ccccc2)c2cccnc12. The number of anilines is 2. The van der Waals surface area contributed by atoms with Gasteiger partial charge < -0.3 is 20.3 Å². The molecule has 3 aromatic rings. The number of para-hydroxylation sites is 1. The summed E-state index contributed by atoms with van der Waals surface area (Å²) in [7, 11) is 3.75. The first-order valence-corrected chi connectivity index (χ1v) is 9.32. The van der Waals surface area contributed by atoms with Crippen molar-refractivity contribution in [2.45, 2.75) is 6.42 Å². The van der Waals surface area contributed by atoms with Crippen LogP contribution in [0.4, 0.5) is 11.4 Å². The molecule has 27 heavy (non-hydrogen) atoms. The summed E-state index contributed by atoms with van der Waals surface area (Å²) in [6.07, 6.45) is 2.74. The average molecular weight is 381 g/mol. The van der Waals surface area contributed by atoms with Crippen LogP contribution in [-0.4, -0.2) is 37.3 Å². The van der Waals surface area contributed by atoms with Crippen LogP contribution < -0.4 is 20.3 Å². The second kappa shape index (κ2) is 9.19. The van der Waals surface area contributed by atoms with E-state index in [1.165, 1.54) is 5.69 Å². The minimum absolute atomic E-state index is 0.604. The Morgan fingerprint density at radius 1 is 1.11 bits per heavy atom. The Labute approximate surface area is 165 Å². The number of thiocarbonyl (C=S) groups is 1. The fraction of sp³-hybridized carbons (Fsp3) is 0.238. The van der Waals surface area contributed by atoms with Gasteiger partial charge in [-0.05, 0) is 55.0 Å². The van der Waals surface area contributed by atoms with Crippen molar-refractivity contribution in [3.63, 3.8) is 0 Å². The molecule has 6 heteroatoms. The summed E-state index contributed by atoms with van der Waals surface area (Å²) < 4.78 is 5.38. The number of pyridine rings is 1. The van der Waals surface area contributed by atoms with Crippen molar-refractivity contribution >= 4 is 39.6 Å². The van der Waals surface area contributed by atoms with Gasteiger partial charge in [0.25, 0.3) is 0 Å². The second-order valence-electron chi connectivity index (χ2n) is 6.21. The van der Waals surface area contributed by atoms with Crippen molar-refractivity contribution in [3.8, 4) is 5.75 Å². The van der Waals surface area contributed by atoms with Crippen molar-refractivity contribution in [1.82, 2.24) is 10.3 Å². The van der Waals surface area contributed by atoms with E-state index in [0.29, 0.717) is 5.11 Å². The zero-order chi connectivity index (χ0) is 19.1. The van der Waals surface area contributed by atoms with Gasteiger partial charge in [0.2, 0.25) is 0 Å². The zero-order valence-electron chi connectivity index (χ0n) is 15.6. The number of nitrogens with one attached hydrogen (secondary N) is 2. The molecule has 1 heterocycles. The predicted molar refractivity (Wildman–Crippen MR) is 117 cm³/mol. The summed E-state index contributed by atoms with van der Waals surface area (Å²) in [4.78, 5) is 6.65. The molecular weight excluding hydrogens is 356 g/mol. The fourth-order valence-corrected chi connectivity index (χ4v) is 3.13. The van der Waals surface area contributed by atoms with Crippen LogP contribution in [0.2, 0.25) is 0 Å². The summed E-state index contributed by atoms with van der Waals surface area (Å²) in [5, 5.41) is 8.12. The zero-order valence-corrected chi connectivity index (χ0v) is 16.4. The van der Waals surface area contributed by atoms with E-state index in [1.807, 2.05) is 30.3 Å². The number of methoxy groups -OCH3 is 1. The largest absolute Gasteiger partial charge is 0.494 e. The quantitative estimate of drug-likeness (QED) is 0.476. The molecule has 0 aliphatic carbocycles. The van der Waals surface area contributed by atoms with Gasteiger partial charge in [-0.2, -0.15) is 0 Å². The lowest BCUT2D eigenvalue weighted by Gasteiger charge is -2.19. The average Bonchev–Trinajstić information content (AvgIpc) is 2.72. The van der Waals surface area contributed by atoms with Crippen molar-refractivity contribution < 1.29 is 4.74 Å². The Bertz CT molecular complexity index is 901. The Kier molecular flexibility index (Phi) is 6.44. The van der Waals surface area contributed by atoms with E-state index < -0.39 is 0 Å². The predicted octanol–water partition coefficient (Wildman–Crippen LogP) is 4.06. The molecule has 0 saturated heterocycles. The number of ether oxygens (including phenoxy) is 1. The molecule has 3 rings (SSSR count). The van der Waals surface area contributed by atoms with Crippen LogP contribution in [0.15, 0.2) is 60.8 Å². The Hall–Kier alpha value is -2.86. The van der Waals surface area contributed by atoms with Crippen molar-refractivity contribution in [1.29, 1.82) is 0 Å². The highest BCUT2D eigenvalue weighted by Gasteiger charge is 2.08. The van der Waals surface area contributed by atoms with E-state index >= 15 is 0 Å². The third-order valence-corrected chi connectivity index (χ3v) is 4.60. The first-order chi connectivity index (χ1) is 13.2. The highest BCUT2D eigenvalue weighted by atomic mass is 32.1. The fourth-order valence-electron chi connectivity index (χ4n) is 2.92. The van der Waals surface area contributed by atoms with E-state index in [9.17, 15) is 0 Å². The first kappa shape index (κ1) is 18.9. The summed E-state index contributed by atoms with van der Waals surface area (Å²) >= 11 is 5.45. The lowest BCUT2D eigenvalue weighted by molar-refractivity contribution is 0.419. The van der Waals surface area contributed by atoms with Gasteiger partial charge in [-0.15, -0.1) is 0 Å². The number of fused-ring (bicyclic) bond motifs is 1. The molecule has 0 fully saturated rings. The van der Waals surface area contributed by atoms with Gasteiger partial charge in [-0.25, -0.2) is 0 Å². The number of hydrogen-bond donors (Lipinski definition) is 2. The summed E-state index contributed by atoms with van der Waals surface area (Å²) in [6.45, 7) is 1.75. The number of nitrogens with zero attached hydrogens (tertiary/aromatic N) is 2. The van der Waals surface area contributed by atoms with E-state index in [0.717, 1.165) is 41.9 Å². The molecular formula is C21H24N4OS. The first-order valence-electron chi connectivity index (χ1n) is 8.92. The van der Waals surface area contributed by atoms with Gasteiger partial charge in [0.05, 0.1) is 7.11 Å². The van der Waals surface area contributed by atoms with Gasteiger partial charge in [0.15, 0.2) is 5.11 Å². The number of hydrogen-bond acceptors (Lipinski definition) is 4. The van der Waals surface area contributed by atoms with E-state index in [4.69, 9.17) is 17.0 Å². The molecule has 0 amide bonds. The van der Waals surface area contributed by atoms with E-state index in [2.05, 4.69) is 51.8 Å². The number of rotatable bonds is 7. The number of benzene rings is 2. The van der Waals surface area contributed by atoms with Crippen LogP contribution in [0.25, 0.3) is 10.9 Å². The molecule has 0 radical (unpaired) electrons. The third kappa shape index (κ3) is 4.86. The van der Waals surface area contributed by atoms with Crippen molar-refractivity contribution in [3.05, 3.63) is 60.8 Å². The van der Waals surface area contributed by atoms with Gasteiger partial charge in [0, 0.05) is 43.1 Å². The molecule has 140 valence electrons. The molecule has 2 N–H and O–H groups in total. The van der Waals surface area contributed by atoms with Gasteiger partial charge in [-0.1, -0.05) is 18.2 Å². The van der Waals surface area contributed by atoms with Gasteiger partial charge >= 0.3 is 0 Å². The summed E-state index contributed by atoms with van der Waals surface area (Å²) in [6, 6.07) is 18.1. The van der Waals surface area contributed by atoms with Crippen LogP contribution >= 0.6 is 12.2 Å². The summed E-state index contributed by atoms with van der Waals surface area (Å²) in [5.74, 6) is 0.749. The second-order valence-corrected chi connectivity index (χ2v) is 6.61. The Balaban J connectivity index is 1.52. The number of aromatic nitrogens is 1. The van der Waals surface area contributed by atoms with Crippen LogP contribution in [-0.2, 0) is 0 Å². The maximum atomic E-state index is 5.45. The molecule has 5 nitrogen and oxygen atoms in total. The molecule has 0 bridgehead atoms. The van der Waals surface area contributed by atoms with Crippen LogP contribution in [0.3, 0.4) is 0 Å². The minimum Gasteiger partial charge on any atom is -0.494 e. The molecule has 0 spiro atoms. The monoisotopic (exact) mass is 380 g/mol. The van der Waals surface area contributed by atoms with E-state index in [-0.39, 0.29) is 0 Å². The third-order valence-electron chi connectivity index (χ3n) is 4.35. The molecule has 2 aromatic carbocycles. The summed E-state index contributed by atoms with van der Waals surface area (Å²) in [5.41, 5.74) is 2.95. The maximum Gasteiger partial charge on any atom is 0.170 e. The van der Waals surface area contributed by atoms with Crippen molar-refractivity contribution in [2.24, 2.45) is 0 Å². The highest BCUT2D eigenvalue weighted by Crippen LogP contribution is 2.29. The Morgan fingerprint density at radius 3 is 2.70 bits per heavy atom. The molecule has 0 atom stereocenters. The standard InChI is InChI=1S/C21H24N4OS/c1-25(16-8-4-3-5-9-16)15-7-14-23-21(27)24-18-11-12-19(26-2)20-17(18)10-6-13-22-20/h3-6,8-13H,7,14-15H2,1-2H3,(H2,23,24,27). The molecule has 1 aromatic heterocycles. The van der Waals surface area contributed by atoms with E-state index in [1.54, 1.807) is 13.3 Å². The lowest BCUT2D eigenvalue weighted by atomic mass is 10.1. The smallest absolute Gasteiger partial charge is 0.170 e. The van der Waals surface area contributed by atoms with Crippen LogP contribution in [0.1, 0.15) is 6.42 Å². The molecule has 0 unspecified atom stereocenters. The topological polar surface area (TPSA) is 49.4 Å². The molecule has 0 saturated carbocycles. The lowest BCUT2D eigenvalue weighted by Crippen LogP contribution is -2.31. The maximum absolute atomic E-state index is 5.45. The molecule has 0 aliphatic heterocycles. The van der Waals surface area contributed by atoms with Gasteiger partial charge in [0.1, 0.15) is 11.3 Å². The minimum atomic E-state index is 0.604. The highest BCUT2D eigenvalue weighted by molar-refractivity contribution is 7.80. The Morgan fingerprint density at radius 2 is 1.93 bits per heavy atom. The molecule has 0 aliphatic rings. The van der Waals surface area contributed by atoms with Crippen LogP contribution in [0, 0.1) is 0 Å². The van der Waals surface area contributed by atoms with Crippen molar-refractivity contribution in [2.75, 3.05) is 37.5 Å². The normalized spacial score (nSPS) is 10.4.